The highest BCUT2D eigenvalue weighted by atomic mass is 32.2. The zero-order valence-electron chi connectivity index (χ0n) is 11.4. The molecule has 2 rings (SSSR count). The van der Waals surface area contributed by atoms with Gasteiger partial charge in [0.05, 0.1) is 0 Å². The molecule has 2 aromatic rings. The number of halogens is 2. The van der Waals surface area contributed by atoms with Crippen LogP contribution in [0.3, 0.4) is 0 Å². The van der Waals surface area contributed by atoms with Gasteiger partial charge in [0.15, 0.2) is 0 Å². The first kappa shape index (κ1) is 15.6. The van der Waals surface area contributed by atoms with Gasteiger partial charge in [-0.05, 0) is 31.5 Å². The number of sulfonamides is 1. The standard InChI is InChI=1S/C13H15F2N3O2S/c1-10-5-7-16-18(10)8-2-6-17-21(19,20)13-4-3-11(14)9-12(13)15/h3-5,7,9,17H,2,6,8H2,1H3. The molecule has 0 radical (unpaired) electrons. The van der Waals surface area contributed by atoms with Crippen molar-refractivity contribution in [3.63, 3.8) is 0 Å². The molecule has 114 valence electrons. The van der Waals surface area contributed by atoms with Crippen LogP contribution in [0.5, 0.6) is 0 Å². The van der Waals surface area contributed by atoms with Gasteiger partial charge < -0.3 is 0 Å². The van der Waals surface area contributed by atoms with Crippen molar-refractivity contribution in [1.82, 2.24) is 14.5 Å². The number of nitrogens with zero attached hydrogens (tertiary/aromatic N) is 2. The van der Waals surface area contributed by atoms with Gasteiger partial charge in [-0.1, -0.05) is 0 Å². The van der Waals surface area contributed by atoms with E-state index < -0.39 is 26.6 Å². The average molecular weight is 315 g/mol. The number of aryl methyl sites for hydroxylation is 2. The predicted molar refractivity (Wildman–Crippen MR) is 73.1 cm³/mol. The molecule has 0 aliphatic carbocycles. The number of aromatic nitrogens is 2. The van der Waals surface area contributed by atoms with E-state index >= 15 is 0 Å². The van der Waals surface area contributed by atoms with Crippen molar-refractivity contribution in [2.75, 3.05) is 6.54 Å². The van der Waals surface area contributed by atoms with E-state index in [0.29, 0.717) is 19.0 Å². The highest BCUT2D eigenvalue weighted by Gasteiger charge is 2.18. The summed E-state index contributed by atoms with van der Waals surface area (Å²) in [5.74, 6) is -1.92. The summed E-state index contributed by atoms with van der Waals surface area (Å²) >= 11 is 0. The minimum Gasteiger partial charge on any atom is -0.270 e. The lowest BCUT2D eigenvalue weighted by atomic mass is 10.3. The number of nitrogens with one attached hydrogen (secondary N) is 1. The number of benzene rings is 1. The number of hydrogen-bond acceptors (Lipinski definition) is 3. The Hall–Kier alpha value is -1.80. The highest BCUT2D eigenvalue weighted by molar-refractivity contribution is 7.89. The smallest absolute Gasteiger partial charge is 0.243 e. The Kier molecular flexibility index (Phi) is 4.69. The fourth-order valence-electron chi connectivity index (χ4n) is 1.84. The van der Waals surface area contributed by atoms with Gasteiger partial charge in [0.25, 0.3) is 0 Å². The third-order valence-electron chi connectivity index (χ3n) is 2.95. The highest BCUT2D eigenvalue weighted by Crippen LogP contribution is 2.15. The second kappa shape index (κ2) is 6.31. The Morgan fingerprint density at radius 2 is 2.05 bits per heavy atom. The van der Waals surface area contributed by atoms with Gasteiger partial charge >= 0.3 is 0 Å². The molecule has 1 N–H and O–H groups in total. The third-order valence-corrected chi connectivity index (χ3v) is 4.45. The van der Waals surface area contributed by atoms with Crippen LogP contribution in [0.2, 0.25) is 0 Å². The minimum absolute atomic E-state index is 0.137. The molecule has 1 heterocycles. The summed E-state index contributed by atoms with van der Waals surface area (Å²) in [5.41, 5.74) is 0.974. The van der Waals surface area contributed by atoms with Crippen molar-refractivity contribution in [1.29, 1.82) is 0 Å². The second-order valence-corrected chi connectivity index (χ2v) is 6.26. The van der Waals surface area contributed by atoms with E-state index in [-0.39, 0.29) is 6.54 Å². The molecule has 21 heavy (non-hydrogen) atoms. The summed E-state index contributed by atoms with van der Waals surface area (Å²) in [7, 11) is -3.98. The van der Waals surface area contributed by atoms with Gasteiger partial charge in [-0.2, -0.15) is 5.10 Å². The second-order valence-electron chi connectivity index (χ2n) is 4.52. The van der Waals surface area contributed by atoms with E-state index in [9.17, 15) is 17.2 Å². The van der Waals surface area contributed by atoms with E-state index in [1.165, 1.54) is 0 Å². The van der Waals surface area contributed by atoms with E-state index in [1.807, 2.05) is 13.0 Å². The molecule has 0 saturated carbocycles. The Morgan fingerprint density at radius 3 is 2.67 bits per heavy atom. The largest absolute Gasteiger partial charge is 0.270 e. The lowest BCUT2D eigenvalue weighted by molar-refractivity contribution is 0.532. The molecule has 0 amide bonds. The lowest BCUT2D eigenvalue weighted by Crippen LogP contribution is -2.26. The van der Waals surface area contributed by atoms with Gasteiger partial charge in [0.2, 0.25) is 10.0 Å². The van der Waals surface area contributed by atoms with Gasteiger partial charge in [0.1, 0.15) is 16.5 Å². The normalized spacial score (nSPS) is 11.8. The van der Waals surface area contributed by atoms with Crippen LogP contribution >= 0.6 is 0 Å². The van der Waals surface area contributed by atoms with Crippen molar-refractivity contribution in [3.05, 3.63) is 47.8 Å². The van der Waals surface area contributed by atoms with Crippen LogP contribution in [0.1, 0.15) is 12.1 Å². The van der Waals surface area contributed by atoms with Crippen LogP contribution in [0.4, 0.5) is 8.78 Å². The van der Waals surface area contributed by atoms with Crippen LogP contribution in [0, 0.1) is 18.6 Å². The fraction of sp³-hybridized carbons (Fsp3) is 0.308. The maximum Gasteiger partial charge on any atom is 0.243 e. The number of rotatable bonds is 6. The minimum atomic E-state index is -3.98. The molecular formula is C13H15F2N3O2S. The zero-order chi connectivity index (χ0) is 15.5. The van der Waals surface area contributed by atoms with Gasteiger partial charge in [-0.25, -0.2) is 21.9 Å². The molecule has 0 unspecified atom stereocenters. The quantitative estimate of drug-likeness (QED) is 0.827. The van der Waals surface area contributed by atoms with Gasteiger partial charge in [-0.15, -0.1) is 0 Å². The summed E-state index contributed by atoms with van der Waals surface area (Å²) in [6.07, 6.45) is 2.16. The molecule has 0 aliphatic rings. The summed E-state index contributed by atoms with van der Waals surface area (Å²) in [6.45, 7) is 2.58. The predicted octanol–water partition coefficient (Wildman–Crippen LogP) is 1.84. The summed E-state index contributed by atoms with van der Waals surface area (Å²) < 4.78 is 54.1. The molecular weight excluding hydrogens is 300 g/mol. The van der Waals surface area contributed by atoms with Crippen LogP contribution in [-0.4, -0.2) is 24.7 Å². The van der Waals surface area contributed by atoms with Gasteiger partial charge in [-0.3, -0.25) is 4.68 Å². The molecule has 0 atom stereocenters. The Bertz CT molecular complexity index is 729. The zero-order valence-corrected chi connectivity index (χ0v) is 12.2. The molecule has 0 spiro atoms. The Morgan fingerprint density at radius 1 is 1.29 bits per heavy atom. The third kappa shape index (κ3) is 3.85. The molecule has 0 bridgehead atoms. The van der Waals surface area contributed by atoms with E-state index in [2.05, 4.69) is 9.82 Å². The molecule has 8 heteroatoms. The topological polar surface area (TPSA) is 64.0 Å². The monoisotopic (exact) mass is 315 g/mol. The molecule has 1 aromatic carbocycles. The van der Waals surface area contributed by atoms with Crippen LogP contribution in [0.15, 0.2) is 35.4 Å². The van der Waals surface area contributed by atoms with E-state index in [0.717, 1.165) is 17.8 Å². The summed E-state index contributed by atoms with van der Waals surface area (Å²) in [4.78, 5) is -0.556. The Labute approximate surface area is 121 Å². The molecule has 0 aliphatic heterocycles. The first-order valence-electron chi connectivity index (χ1n) is 6.33. The maximum atomic E-state index is 13.5. The van der Waals surface area contributed by atoms with Crippen molar-refractivity contribution in [2.24, 2.45) is 0 Å². The van der Waals surface area contributed by atoms with Crippen LogP contribution in [-0.2, 0) is 16.6 Å². The first-order valence-corrected chi connectivity index (χ1v) is 7.81. The lowest BCUT2D eigenvalue weighted by Gasteiger charge is -2.08. The van der Waals surface area contributed by atoms with Crippen molar-refractivity contribution >= 4 is 10.0 Å². The average Bonchev–Trinajstić information content (AvgIpc) is 2.80. The molecule has 1 aromatic heterocycles. The molecule has 0 fully saturated rings. The van der Waals surface area contributed by atoms with Crippen molar-refractivity contribution in [3.8, 4) is 0 Å². The van der Waals surface area contributed by atoms with Crippen molar-refractivity contribution in [2.45, 2.75) is 24.8 Å². The van der Waals surface area contributed by atoms with Crippen molar-refractivity contribution < 1.29 is 17.2 Å². The van der Waals surface area contributed by atoms with E-state index in [1.54, 1.807) is 10.9 Å². The van der Waals surface area contributed by atoms with Crippen LogP contribution < -0.4 is 4.72 Å². The maximum absolute atomic E-state index is 13.5. The van der Waals surface area contributed by atoms with Gasteiger partial charge in [0, 0.05) is 31.0 Å². The van der Waals surface area contributed by atoms with E-state index in [4.69, 9.17) is 0 Å². The van der Waals surface area contributed by atoms with Crippen LogP contribution in [0.25, 0.3) is 0 Å². The first-order chi connectivity index (χ1) is 9.90. The summed E-state index contributed by atoms with van der Waals surface area (Å²) in [6, 6.07) is 4.20. The molecule has 0 saturated heterocycles. The fourth-order valence-corrected chi connectivity index (χ4v) is 2.97. The Balaban J connectivity index is 1.94. The summed E-state index contributed by atoms with van der Waals surface area (Å²) in [5, 5.41) is 4.07. The number of hydrogen-bond donors (Lipinski definition) is 1. The SMILES string of the molecule is Cc1ccnn1CCCNS(=O)(=O)c1ccc(F)cc1F. The molecule has 5 nitrogen and oxygen atoms in total.